The van der Waals surface area contributed by atoms with Crippen LogP contribution in [-0.4, -0.2) is 16.7 Å². The minimum Gasteiger partial charge on any atom is -0.338 e. The van der Waals surface area contributed by atoms with Crippen LogP contribution in [0, 0.1) is 5.92 Å². The standard InChI is InChI=1S/C15H21N3O/c1-12(2)8-9-16-11-15-17-14(18-19-15)10-13-6-4-3-5-7-13/h3-7,12,16H,8-11H2,1-2H3. The van der Waals surface area contributed by atoms with Crippen molar-refractivity contribution in [3.8, 4) is 0 Å². The van der Waals surface area contributed by atoms with Gasteiger partial charge in [-0.3, -0.25) is 0 Å². The highest BCUT2D eigenvalue weighted by Crippen LogP contribution is 2.06. The predicted molar refractivity (Wildman–Crippen MR) is 74.7 cm³/mol. The highest BCUT2D eigenvalue weighted by Gasteiger charge is 2.06. The van der Waals surface area contributed by atoms with Crippen molar-refractivity contribution in [2.75, 3.05) is 6.54 Å². The van der Waals surface area contributed by atoms with Gasteiger partial charge in [-0.1, -0.05) is 49.3 Å². The van der Waals surface area contributed by atoms with E-state index in [1.165, 1.54) is 5.56 Å². The van der Waals surface area contributed by atoms with Gasteiger partial charge >= 0.3 is 0 Å². The molecule has 0 bridgehead atoms. The summed E-state index contributed by atoms with van der Waals surface area (Å²) in [4.78, 5) is 4.38. The fraction of sp³-hybridized carbons (Fsp3) is 0.467. The summed E-state index contributed by atoms with van der Waals surface area (Å²) in [6.45, 7) is 6.06. The van der Waals surface area contributed by atoms with Crippen molar-refractivity contribution in [3.05, 3.63) is 47.6 Å². The molecule has 1 N–H and O–H groups in total. The Bertz CT molecular complexity index is 479. The zero-order valence-corrected chi connectivity index (χ0v) is 11.6. The van der Waals surface area contributed by atoms with Crippen LogP contribution in [-0.2, 0) is 13.0 Å². The summed E-state index contributed by atoms with van der Waals surface area (Å²) in [5.74, 6) is 2.12. The molecule has 4 heteroatoms. The van der Waals surface area contributed by atoms with Gasteiger partial charge in [-0.05, 0) is 24.4 Å². The van der Waals surface area contributed by atoms with E-state index < -0.39 is 0 Å². The van der Waals surface area contributed by atoms with Crippen LogP contribution in [0.5, 0.6) is 0 Å². The minimum absolute atomic E-state index is 0.647. The van der Waals surface area contributed by atoms with Gasteiger partial charge in [0, 0.05) is 6.42 Å². The number of rotatable bonds is 7. The van der Waals surface area contributed by atoms with Crippen molar-refractivity contribution in [2.24, 2.45) is 5.92 Å². The van der Waals surface area contributed by atoms with Crippen molar-refractivity contribution in [1.82, 2.24) is 15.5 Å². The van der Waals surface area contributed by atoms with Crippen molar-refractivity contribution < 1.29 is 4.52 Å². The molecule has 0 atom stereocenters. The topological polar surface area (TPSA) is 51.0 Å². The van der Waals surface area contributed by atoms with E-state index in [2.05, 4.69) is 41.4 Å². The lowest BCUT2D eigenvalue weighted by atomic mass is 10.1. The van der Waals surface area contributed by atoms with Crippen LogP contribution in [0.2, 0.25) is 0 Å². The second kappa shape index (κ2) is 7.04. The average Bonchev–Trinajstić information content (AvgIpc) is 2.83. The third-order valence-corrected chi connectivity index (χ3v) is 2.89. The van der Waals surface area contributed by atoms with Gasteiger partial charge in [0.15, 0.2) is 5.82 Å². The summed E-state index contributed by atoms with van der Waals surface area (Å²) >= 11 is 0. The first-order chi connectivity index (χ1) is 9.24. The van der Waals surface area contributed by atoms with Crippen molar-refractivity contribution >= 4 is 0 Å². The third-order valence-electron chi connectivity index (χ3n) is 2.89. The Morgan fingerprint density at radius 2 is 2.00 bits per heavy atom. The molecule has 2 rings (SSSR count). The Kier molecular flexibility index (Phi) is 5.10. The van der Waals surface area contributed by atoms with E-state index in [4.69, 9.17) is 4.52 Å². The van der Waals surface area contributed by atoms with Crippen LogP contribution >= 0.6 is 0 Å². The molecule has 0 aliphatic rings. The van der Waals surface area contributed by atoms with Gasteiger partial charge in [0.1, 0.15) is 0 Å². The fourth-order valence-corrected chi connectivity index (χ4v) is 1.80. The lowest BCUT2D eigenvalue weighted by Crippen LogP contribution is -2.16. The van der Waals surface area contributed by atoms with Crippen LogP contribution in [0.3, 0.4) is 0 Å². The molecular formula is C15H21N3O. The second-order valence-electron chi connectivity index (χ2n) is 5.13. The lowest BCUT2D eigenvalue weighted by Gasteiger charge is -2.03. The third kappa shape index (κ3) is 4.83. The summed E-state index contributed by atoms with van der Waals surface area (Å²) in [7, 11) is 0. The van der Waals surface area contributed by atoms with E-state index in [1.807, 2.05) is 18.2 Å². The molecule has 0 amide bonds. The van der Waals surface area contributed by atoms with Crippen LogP contribution < -0.4 is 5.32 Å². The van der Waals surface area contributed by atoms with Gasteiger partial charge in [-0.25, -0.2) is 0 Å². The first-order valence-corrected chi connectivity index (χ1v) is 6.80. The van der Waals surface area contributed by atoms with Gasteiger partial charge < -0.3 is 9.84 Å². The second-order valence-corrected chi connectivity index (χ2v) is 5.13. The molecule has 0 saturated carbocycles. The molecule has 0 aliphatic heterocycles. The maximum atomic E-state index is 5.22. The molecule has 2 aromatic rings. The summed E-state index contributed by atoms with van der Waals surface area (Å²) in [5, 5.41) is 7.31. The number of hydrogen-bond acceptors (Lipinski definition) is 4. The van der Waals surface area contributed by atoms with E-state index in [1.54, 1.807) is 0 Å². The van der Waals surface area contributed by atoms with Crippen LogP contribution in [0.4, 0.5) is 0 Å². The minimum atomic E-state index is 0.647. The van der Waals surface area contributed by atoms with E-state index >= 15 is 0 Å². The quantitative estimate of drug-likeness (QED) is 0.777. The number of nitrogens with one attached hydrogen (secondary N) is 1. The highest BCUT2D eigenvalue weighted by molar-refractivity contribution is 5.18. The van der Waals surface area contributed by atoms with E-state index in [0.717, 1.165) is 25.2 Å². The van der Waals surface area contributed by atoms with Crippen LogP contribution in [0.25, 0.3) is 0 Å². The molecule has 102 valence electrons. The molecule has 0 fully saturated rings. The zero-order valence-electron chi connectivity index (χ0n) is 11.6. The molecule has 0 aliphatic carbocycles. The smallest absolute Gasteiger partial charge is 0.240 e. The van der Waals surface area contributed by atoms with Crippen LogP contribution in [0.1, 0.15) is 37.5 Å². The summed E-state index contributed by atoms with van der Waals surface area (Å²) in [6.07, 6.45) is 1.88. The molecule has 19 heavy (non-hydrogen) atoms. The average molecular weight is 259 g/mol. The molecule has 0 spiro atoms. The molecule has 4 nitrogen and oxygen atoms in total. The maximum Gasteiger partial charge on any atom is 0.240 e. The van der Waals surface area contributed by atoms with Crippen molar-refractivity contribution in [2.45, 2.75) is 33.2 Å². The summed E-state index contributed by atoms with van der Waals surface area (Å²) in [6, 6.07) is 10.2. The number of nitrogens with zero attached hydrogens (tertiary/aromatic N) is 2. The van der Waals surface area contributed by atoms with Gasteiger partial charge in [0.05, 0.1) is 6.54 Å². The number of benzene rings is 1. The molecule has 1 heterocycles. The highest BCUT2D eigenvalue weighted by atomic mass is 16.5. The van der Waals surface area contributed by atoms with Gasteiger partial charge in [0.25, 0.3) is 0 Å². The van der Waals surface area contributed by atoms with Crippen molar-refractivity contribution in [1.29, 1.82) is 0 Å². The molecular weight excluding hydrogens is 238 g/mol. The number of aromatic nitrogens is 2. The Labute approximate surface area is 114 Å². The Morgan fingerprint density at radius 1 is 1.21 bits per heavy atom. The predicted octanol–water partition coefficient (Wildman–Crippen LogP) is 2.80. The molecule has 1 aromatic heterocycles. The Balaban J connectivity index is 1.79. The maximum absolute atomic E-state index is 5.22. The first-order valence-electron chi connectivity index (χ1n) is 6.80. The van der Waals surface area contributed by atoms with E-state index in [9.17, 15) is 0 Å². The van der Waals surface area contributed by atoms with Gasteiger partial charge in [0.2, 0.25) is 5.89 Å². The van der Waals surface area contributed by atoms with Gasteiger partial charge in [-0.15, -0.1) is 0 Å². The SMILES string of the molecule is CC(C)CCNCc1nc(Cc2ccccc2)no1. The summed E-state index contributed by atoms with van der Waals surface area (Å²) in [5.41, 5.74) is 1.20. The largest absolute Gasteiger partial charge is 0.338 e. The van der Waals surface area contributed by atoms with Gasteiger partial charge in [-0.2, -0.15) is 4.98 Å². The fourth-order valence-electron chi connectivity index (χ4n) is 1.80. The normalized spacial score (nSPS) is 11.1. The number of hydrogen-bond donors (Lipinski definition) is 1. The Morgan fingerprint density at radius 3 is 2.74 bits per heavy atom. The summed E-state index contributed by atoms with van der Waals surface area (Å²) < 4.78 is 5.22. The Hall–Kier alpha value is -1.68. The monoisotopic (exact) mass is 259 g/mol. The molecule has 1 aromatic carbocycles. The molecule has 0 unspecified atom stereocenters. The zero-order chi connectivity index (χ0) is 13.5. The first kappa shape index (κ1) is 13.7. The van der Waals surface area contributed by atoms with Crippen molar-refractivity contribution in [3.63, 3.8) is 0 Å². The molecule has 0 radical (unpaired) electrons. The lowest BCUT2D eigenvalue weighted by molar-refractivity contribution is 0.361. The molecule has 0 saturated heterocycles. The van der Waals surface area contributed by atoms with Crippen LogP contribution in [0.15, 0.2) is 34.9 Å². The van der Waals surface area contributed by atoms with E-state index in [-0.39, 0.29) is 0 Å². The van der Waals surface area contributed by atoms with E-state index in [0.29, 0.717) is 18.4 Å².